The predicted octanol–water partition coefficient (Wildman–Crippen LogP) is 3.33. The number of rotatable bonds is 4. The lowest BCUT2D eigenvalue weighted by Gasteiger charge is -2.20. The highest BCUT2D eigenvalue weighted by atomic mass is 16.3. The quantitative estimate of drug-likeness (QED) is 0.572. The number of carbonyl (C=O) groups is 2. The van der Waals surface area contributed by atoms with Gasteiger partial charge in [-0.15, -0.1) is 0 Å². The minimum absolute atomic E-state index is 0.358. The number of carbonyl (C=O) groups excluding carboxylic acids is 2. The second kappa shape index (κ2) is 8.05. The molecule has 0 heterocycles. The van der Waals surface area contributed by atoms with Gasteiger partial charge >= 0.3 is 6.03 Å². The van der Waals surface area contributed by atoms with E-state index >= 15 is 0 Å². The Hall–Kier alpha value is -3.80. The third-order valence-corrected chi connectivity index (χ3v) is 4.02. The number of aromatic hydroxyl groups is 2. The first-order valence-electron chi connectivity index (χ1n) is 8.29. The molecule has 0 radical (unpaired) electrons. The average Bonchev–Trinajstić information content (AvgIpc) is 2.67. The van der Waals surface area contributed by atoms with Gasteiger partial charge in [-0.1, -0.05) is 66.7 Å². The minimum Gasteiger partial charge on any atom is -0.507 e. The molecule has 0 aliphatic rings. The molecule has 3 rings (SSSR count). The van der Waals surface area contributed by atoms with Crippen LogP contribution in [0.5, 0.6) is 11.5 Å². The lowest BCUT2D eigenvalue weighted by atomic mass is 9.99. The third kappa shape index (κ3) is 4.24. The topological polar surface area (TPSA) is 98.7 Å². The van der Waals surface area contributed by atoms with Crippen LogP contribution in [0.1, 0.15) is 27.5 Å². The van der Waals surface area contributed by atoms with Gasteiger partial charge in [-0.05, 0) is 23.3 Å². The van der Waals surface area contributed by atoms with Crippen LogP contribution in [-0.2, 0) is 0 Å². The summed E-state index contributed by atoms with van der Waals surface area (Å²) < 4.78 is 0. The maximum absolute atomic E-state index is 12.4. The third-order valence-electron chi connectivity index (χ3n) is 4.02. The molecule has 3 aromatic rings. The first-order valence-corrected chi connectivity index (χ1v) is 8.29. The van der Waals surface area contributed by atoms with Crippen molar-refractivity contribution in [1.29, 1.82) is 0 Å². The maximum Gasteiger partial charge on any atom is 0.322 e. The molecule has 0 atom stereocenters. The number of benzene rings is 3. The van der Waals surface area contributed by atoms with E-state index in [1.54, 1.807) is 0 Å². The molecule has 6 heteroatoms. The number of urea groups is 1. The summed E-state index contributed by atoms with van der Waals surface area (Å²) in [4.78, 5) is 24.7. The van der Waals surface area contributed by atoms with E-state index in [4.69, 9.17) is 0 Å². The molecule has 0 saturated carbocycles. The van der Waals surface area contributed by atoms with Crippen LogP contribution in [0.4, 0.5) is 4.79 Å². The summed E-state index contributed by atoms with van der Waals surface area (Å²) >= 11 is 0. The fourth-order valence-corrected chi connectivity index (χ4v) is 2.74. The Morgan fingerprint density at radius 2 is 1.19 bits per heavy atom. The fraction of sp³-hybridized carbons (Fsp3) is 0.0476. The Kier molecular flexibility index (Phi) is 5.37. The molecule has 0 bridgehead atoms. The Morgan fingerprint density at radius 1 is 0.704 bits per heavy atom. The Balaban J connectivity index is 1.80. The first kappa shape index (κ1) is 18.0. The molecule has 0 fully saturated rings. The number of amides is 3. The van der Waals surface area contributed by atoms with Crippen LogP contribution in [-0.4, -0.2) is 22.2 Å². The van der Waals surface area contributed by atoms with Gasteiger partial charge in [0.15, 0.2) is 0 Å². The fourth-order valence-electron chi connectivity index (χ4n) is 2.74. The Morgan fingerprint density at radius 3 is 1.67 bits per heavy atom. The standard InChI is InChI=1S/C21H18N2O4/c24-16-12-7-13-17(25)18(16)20(26)23-21(27)22-19(14-8-3-1-4-9-14)15-10-5-2-6-11-15/h1-13,19,24-25H,(H2,22,23,26,27). The lowest BCUT2D eigenvalue weighted by molar-refractivity contribution is 0.0958. The highest BCUT2D eigenvalue weighted by molar-refractivity contribution is 6.07. The van der Waals surface area contributed by atoms with Crippen molar-refractivity contribution < 1.29 is 19.8 Å². The van der Waals surface area contributed by atoms with Gasteiger partial charge in [-0.3, -0.25) is 10.1 Å². The van der Waals surface area contributed by atoms with Gasteiger partial charge in [-0.2, -0.15) is 0 Å². The van der Waals surface area contributed by atoms with Crippen LogP contribution in [0.3, 0.4) is 0 Å². The summed E-state index contributed by atoms with van der Waals surface area (Å²) in [5.74, 6) is -1.73. The van der Waals surface area contributed by atoms with Crippen molar-refractivity contribution >= 4 is 11.9 Å². The summed E-state index contributed by atoms with van der Waals surface area (Å²) in [6.45, 7) is 0. The zero-order chi connectivity index (χ0) is 19.2. The molecule has 0 aliphatic carbocycles. The molecular formula is C21H18N2O4. The van der Waals surface area contributed by atoms with Crippen LogP contribution in [0.25, 0.3) is 0 Å². The van der Waals surface area contributed by atoms with E-state index in [1.165, 1.54) is 18.2 Å². The van der Waals surface area contributed by atoms with Crippen LogP contribution in [0, 0.1) is 0 Å². The monoisotopic (exact) mass is 362 g/mol. The van der Waals surface area contributed by atoms with E-state index in [2.05, 4.69) is 10.6 Å². The normalized spacial score (nSPS) is 10.4. The number of imide groups is 1. The Labute approximate surface area is 156 Å². The molecule has 27 heavy (non-hydrogen) atoms. The molecule has 0 aromatic heterocycles. The molecule has 0 spiro atoms. The average molecular weight is 362 g/mol. The van der Waals surface area contributed by atoms with Gasteiger partial charge in [0.25, 0.3) is 5.91 Å². The van der Waals surface area contributed by atoms with Crippen molar-refractivity contribution in [2.45, 2.75) is 6.04 Å². The molecule has 136 valence electrons. The van der Waals surface area contributed by atoms with Gasteiger partial charge in [0.1, 0.15) is 17.1 Å². The number of phenols is 2. The van der Waals surface area contributed by atoms with Gasteiger partial charge in [0.2, 0.25) is 0 Å². The van der Waals surface area contributed by atoms with Crippen molar-refractivity contribution in [3.8, 4) is 11.5 Å². The molecule has 0 saturated heterocycles. The van der Waals surface area contributed by atoms with E-state index in [0.29, 0.717) is 0 Å². The van der Waals surface area contributed by atoms with E-state index in [1.807, 2.05) is 60.7 Å². The smallest absolute Gasteiger partial charge is 0.322 e. The summed E-state index contributed by atoms with van der Waals surface area (Å²) in [7, 11) is 0. The molecule has 4 N–H and O–H groups in total. The van der Waals surface area contributed by atoms with Crippen LogP contribution in [0.15, 0.2) is 78.9 Å². The summed E-state index contributed by atoms with van der Waals surface area (Å²) in [5, 5.41) is 24.4. The summed E-state index contributed by atoms with van der Waals surface area (Å²) in [5.41, 5.74) is 1.33. The maximum atomic E-state index is 12.4. The van der Waals surface area contributed by atoms with E-state index in [-0.39, 0.29) is 5.56 Å². The number of nitrogens with one attached hydrogen (secondary N) is 2. The first-order chi connectivity index (χ1) is 13.1. The van der Waals surface area contributed by atoms with Crippen molar-refractivity contribution in [2.75, 3.05) is 0 Å². The molecule has 3 amide bonds. The van der Waals surface area contributed by atoms with Crippen molar-refractivity contribution in [3.05, 3.63) is 95.6 Å². The van der Waals surface area contributed by atoms with Gasteiger partial charge in [-0.25, -0.2) is 4.79 Å². The minimum atomic E-state index is -0.900. The highest BCUT2D eigenvalue weighted by Gasteiger charge is 2.21. The molecule has 6 nitrogen and oxygen atoms in total. The van der Waals surface area contributed by atoms with Crippen molar-refractivity contribution in [2.24, 2.45) is 0 Å². The predicted molar refractivity (Wildman–Crippen MR) is 100 cm³/mol. The second-order valence-electron chi connectivity index (χ2n) is 5.85. The zero-order valence-corrected chi connectivity index (χ0v) is 14.3. The number of hydrogen-bond donors (Lipinski definition) is 4. The SMILES string of the molecule is O=C(NC(=O)c1c(O)cccc1O)NC(c1ccccc1)c1ccccc1. The van der Waals surface area contributed by atoms with E-state index in [9.17, 15) is 19.8 Å². The lowest BCUT2D eigenvalue weighted by Crippen LogP contribution is -2.41. The van der Waals surface area contributed by atoms with Crippen LogP contribution >= 0.6 is 0 Å². The molecular weight excluding hydrogens is 344 g/mol. The largest absolute Gasteiger partial charge is 0.507 e. The number of hydrogen-bond acceptors (Lipinski definition) is 4. The van der Waals surface area contributed by atoms with Gasteiger partial charge in [0.05, 0.1) is 6.04 Å². The highest BCUT2D eigenvalue weighted by Crippen LogP contribution is 2.26. The van der Waals surface area contributed by atoms with E-state index in [0.717, 1.165) is 11.1 Å². The zero-order valence-electron chi connectivity index (χ0n) is 14.3. The molecule has 3 aromatic carbocycles. The van der Waals surface area contributed by atoms with Gasteiger partial charge in [0, 0.05) is 0 Å². The summed E-state index contributed by atoms with van der Waals surface area (Å²) in [6.07, 6.45) is 0. The Bertz CT molecular complexity index is 883. The van der Waals surface area contributed by atoms with Crippen molar-refractivity contribution in [1.82, 2.24) is 10.6 Å². The van der Waals surface area contributed by atoms with Crippen LogP contribution < -0.4 is 10.6 Å². The molecule has 0 unspecified atom stereocenters. The van der Waals surface area contributed by atoms with Gasteiger partial charge < -0.3 is 15.5 Å². The van der Waals surface area contributed by atoms with Crippen LogP contribution in [0.2, 0.25) is 0 Å². The van der Waals surface area contributed by atoms with Crippen molar-refractivity contribution in [3.63, 3.8) is 0 Å². The molecule has 0 aliphatic heterocycles. The number of phenolic OH excluding ortho intramolecular Hbond substituents is 2. The summed E-state index contributed by atoms with van der Waals surface area (Å²) in [6, 6.07) is 21.3. The van der Waals surface area contributed by atoms with E-state index < -0.39 is 29.5 Å². The second-order valence-corrected chi connectivity index (χ2v) is 5.85.